The Labute approximate surface area is 107 Å². The molecule has 6 heteroatoms. The minimum atomic E-state index is -4.82. The molecule has 0 aliphatic carbocycles. The zero-order chi connectivity index (χ0) is 14.3. The van der Waals surface area contributed by atoms with Gasteiger partial charge < -0.3 is 5.73 Å². The molecule has 3 nitrogen and oxygen atoms in total. The van der Waals surface area contributed by atoms with E-state index in [9.17, 15) is 18.0 Å². The van der Waals surface area contributed by atoms with Crippen LogP contribution in [0.3, 0.4) is 0 Å². The first-order valence-corrected chi connectivity index (χ1v) is 5.48. The highest BCUT2D eigenvalue weighted by atomic mass is 19.4. The Balaban J connectivity index is 2.60. The van der Waals surface area contributed by atoms with Gasteiger partial charge in [-0.1, -0.05) is 24.3 Å². The highest BCUT2D eigenvalue weighted by molar-refractivity contribution is 6.12. The van der Waals surface area contributed by atoms with E-state index in [1.54, 1.807) is 24.3 Å². The van der Waals surface area contributed by atoms with Gasteiger partial charge in [-0.15, -0.1) is 0 Å². The molecule has 0 saturated carbocycles. The van der Waals surface area contributed by atoms with Crippen LogP contribution in [-0.4, -0.2) is 22.5 Å². The number of fused-ring (bicyclic) bond motifs is 1. The van der Waals surface area contributed by atoms with E-state index >= 15 is 0 Å². The number of aromatic nitrogens is 1. The third-order valence-electron chi connectivity index (χ3n) is 2.97. The maximum Gasteiger partial charge on any atom is 0.413 e. The lowest BCUT2D eigenvalue weighted by Gasteiger charge is -2.26. The highest BCUT2D eigenvalue weighted by Gasteiger charge is 2.54. The Bertz CT molecular complexity index is 630. The fourth-order valence-electron chi connectivity index (χ4n) is 1.71. The second-order valence-electron chi connectivity index (χ2n) is 4.44. The normalized spacial score (nSPS) is 15.2. The van der Waals surface area contributed by atoms with Gasteiger partial charge in [0.25, 0.3) is 0 Å². The van der Waals surface area contributed by atoms with E-state index in [1.165, 1.54) is 6.20 Å². The number of nitrogens with two attached hydrogens (primary N) is 1. The molecule has 0 saturated heterocycles. The summed E-state index contributed by atoms with van der Waals surface area (Å²) in [5.41, 5.74) is 2.10. The van der Waals surface area contributed by atoms with Crippen LogP contribution in [0.15, 0.2) is 36.7 Å². The zero-order valence-electron chi connectivity index (χ0n) is 10.0. The average Bonchev–Trinajstić information content (AvgIpc) is 2.36. The van der Waals surface area contributed by atoms with E-state index in [4.69, 9.17) is 5.73 Å². The van der Waals surface area contributed by atoms with Gasteiger partial charge in [-0.2, -0.15) is 13.2 Å². The summed E-state index contributed by atoms with van der Waals surface area (Å²) in [5, 5.41) is 0.995. The minimum Gasteiger partial charge on any atom is -0.311 e. The molecule has 2 aromatic rings. The van der Waals surface area contributed by atoms with Gasteiger partial charge in [0, 0.05) is 23.3 Å². The second kappa shape index (κ2) is 4.31. The number of carbonyl (C=O) groups is 1. The van der Waals surface area contributed by atoms with Crippen molar-refractivity contribution in [2.45, 2.75) is 18.6 Å². The molecule has 0 bridgehead atoms. The van der Waals surface area contributed by atoms with Crippen molar-refractivity contribution in [3.8, 4) is 0 Å². The summed E-state index contributed by atoms with van der Waals surface area (Å²) < 4.78 is 38.4. The van der Waals surface area contributed by atoms with Gasteiger partial charge in [0.1, 0.15) is 0 Å². The second-order valence-corrected chi connectivity index (χ2v) is 4.44. The van der Waals surface area contributed by atoms with Crippen molar-refractivity contribution in [1.29, 1.82) is 0 Å². The van der Waals surface area contributed by atoms with Crippen molar-refractivity contribution in [2.24, 2.45) is 5.73 Å². The topological polar surface area (TPSA) is 56.0 Å². The SMILES string of the molecule is CC(N)(C(=O)c1cncc2ccccc12)C(F)(F)F. The molecule has 1 unspecified atom stereocenters. The number of alkyl halides is 3. The number of hydrogen-bond acceptors (Lipinski definition) is 3. The predicted molar refractivity (Wildman–Crippen MR) is 64.7 cm³/mol. The Hall–Kier alpha value is -1.95. The molecule has 100 valence electrons. The minimum absolute atomic E-state index is 0.125. The van der Waals surface area contributed by atoms with Crippen LogP contribution < -0.4 is 5.73 Å². The van der Waals surface area contributed by atoms with E-state index in [2.05, 4.69) is 4.98 Å². The number of benzene rings is 1. The summed E-state index contributed by atoms with van der Waals surface area (Å²) >= 11 is 0. The molecule has 1 atom stereocenters. The van der Waals surface area contributed by atoms with Crippen molar-refractivity contribution in [3.05, 3.63) is 42.2 Å². The van der Waals surface area contributed by atoms with Gasteiger partial charge in [-0.3, -0.25) is 9.78 Å². The van der Waals surface area contributed by atoms with Crippen LogP contribution in [0, 0.1) is 0 Å². The molecule has 0 aliphatic rings. The molecule has 1 aromatic heterocycles. The third-order valence-corrected chi connectivity index (χ3v) is 2.97. The number of pyridine rings is 1. The average molecular weight is 268 g/mol. The molecule has 1 aromatic carbocycles. The Morgan fingerprint density at radius 1 is 1.21 bits per heavy atom. The smallest absolute Gasteiger partial charge is 0.311 e. The maximum absolute atomic E-state index is 12.8. The monoisotopic (exact) mass is 268 g/mol. The summed E-state index contributed by atoms with van der Waals surface area (Å²) in [7, 11) is 0. The number of rotatable bonds is 2. The number of nitrogens with zero attached hydrogens (tertiary/aromatic N) is 1. The number of carbonyl (C=O) groups excluding carboxylic acids is 1. The van der Waals surface area contributed by atoms with Crippen LogP contribution in [0.2, 0.25) is 0 Å². The first-order chi connectivity index (χ1) is 8.75. The molecule has 2 N–H and O–H groups in total. The van der Waals surface area contributed by atoms with E-state index in [0.717, 1.165) is 6.20 Å². The molecule has 2 rings (SSSR count). The predicted octanol–water partition coefficient (Wildman–Crippen LogP) is 2.70. The molecule has 19 heavy (non-hydrogen) atoms. The quantitative estimate of drug-likeness (QED) is 0.852. The van der Waals surface area contributed by atoms with Crippen LogP contribution in [0.4, 0.5) is 13.2 Å². The Kier molecular flexibility index (Phi) is 3.06. The van der Waals surface area contributed by atoms with Gasteiger partial charge in [0.15, 0.2) is 11.3 Å². The number of ketones is 1. The van der Waals surface area contributed by atoms with Gasteiger partial charge in [0.2, 0.25) is 0 Å². The molecule has 0 fully saturated rings. The molecule has 0 spiro atoms. The number of hydrogen-bond donors (Lipinski definition) is 1. The van der Waals surface area contributed by atoms with E-state index in [1.807, 2.05) is 0 Å². The zero-order valence-corrected chi connectivity index (χ0v) is 10.0. The lowest BCUT2D eigenvalue weighted by Crippen LogP contribution is -2.57. The first-order valence-electron chi connectivity index (χ1n) is 5.48. The van der Waals surface area contributed by atoms with Crippen molar-refractivity contribution < 1.29 is 18.0 Å². The van der Waals surface area contributed by atoms with E-state index < -0.39 is 17.5 Å². The van der Waals surface area contributed by atoms with Crippen LogP contribution >= 0.6 is 0 Å². The molecule has 0 amide bonds. The third kappa shape index (κ3) is 2.19. The fourth-order valence-corrected chi connectivity index (χ4v) is 1.71. The maximum atomic E-state index is 12.8. The molecule has 1 heterocycles. The summed E-state index contributed by atoms with van der Waals surface area (Å²) in [6.07, 6.45) is -2.23. The van der Waals surface area contributed by atoms with Gasteiger partial charge >= 0.3 is 6.18 Å². The summed E-state index contributed by atoms with van der Waals surface area (Å²) in [4.78, 5) is 15.8. The van der Waals surface area contributed by atoms with Gasteiger partial charge in [-0.05, 0) is 12.3 Å². The largest absolute Gasteiger partial charge is 0.413 e. The van der Waals surface area contributed by atoms with Crippen molar-refractivity contribution >= 4 is 16.6 Å². The van der Waals surface area contributed by atoms with Crippen LogP contribution in [0.1, 0.15) is 17.3 Å². The molecular weight excluding hydrogens is 257 g/mol. The lowest BCUT2D eigenvalue weighted by molar-refractivity contribution is -0.165. The van der Waals surface area contributed by atoms with Crippen molar-refractivity contribution in [1.82, 2.24) is 4.98 Å². The van der Waals surface area contributed by atoms with Crippen molar-refractivity contribution in [2.75, 3.05) is 0 Å². The Morgan fingerprint density at radius 2 is 1.84 bits per heavy atom. The number of halogens is 3. The van der Waals surface area contributed by atoms with Crippen LogP contribution in [0.5, 0.6) is 0 Å². The van der Waals surface area contributed by atoms with E-state index in [0.29, 0.717) is 17.7 Å². The molecular formula is C13H11F3N2O. The molecule has 0 aliphatic heterocycles. The number of Topliss-reactive ketones (excluding diaryl/α,β-unsaturated/α-hetero) is 1. The first kappa shape index (κ1) is 13.5. The van der Waals surface area contributed by atoms with Gasteiger partial charge in [0.05, 0.1) is 0 Å². The Morgan fingerprint density at radius 3 is 2.47 bits per heavy atom. The lowest BCUT2D eigenvalue weighted by atomic mass is 9.90. The van der Waals surface area contributed by atoms with Gasteiger partial charge in [-0.25, -0.2) is 0 Å². The fraction of sp³-hybridized carbons (Fsp3) is 0.231. The molecule has 0 radical (unpaired) electrons. The summed E-state index contributed by atoms with van der Waals surface area (Å²) in [6.45, 7) is 0.664. The van der Waals surface area contributed by atoms with Crippen molar-refractivity contribution in [3.63, 3.8) is 0 Å². The standard InChI is InChI=1S/C13H11F3N2O/c1-12(17,13(14,15)16)11(19)10-7-18-6-8-4-2-3-5-9(8)10/h2-7H,17H2,1H3. The summed E-state index contributed by atoms with van der Waals surface area (Å²) in [5.74, 6) is -1.19. The highest BCUT2D eigenvalue weighted by Crippen LogP contribution is 2.32. The van der Waals surface area contributed by atoms with E-state index in [-0.39, 0.29) is 5.56 Å². The van der Waals surface area contributed by atoms with Crippen LogP contribution in [0.25, 0.3) is 10.8 Å². The van der Waals surface area contributed by atoms with Crippen LogP contribution in [-0.2, 0) is 0 Å². The summed E-state index contributed by atoms with van der Waals surface area (Å²) in [6, 6.07) is 6.58.